The second kappa shape index (κ2) is 9.95. The highest BCUT2D eigenvalue weighted by atomic mass is 16.5. The number of carbonyl (C=O) groups excluding carboxylic acids is 1. The number of rotatable bonds is 8. The standard InChI is InChI=1S/C23H30N6O4/c1-17-18(14-26(2)24-17)15-27-10-12-28(13-11-27)23(30)19-8-9-29(25-19)16-33-22-20(31-3)6-5-7-21(22)32-4/h5-9,14H,10-13,15-16H2,1-4H3. The molecule has 0 N–H and O–H groups in total. The monoisotopic (exact) mass is 454 g/mol. The Balaban J connectivity index is 1.32. The van der Waals surface area contributed by atoms with Crippen LogP contribution < -0.4 is 14.2 Å². The molecule has 0 spiro atoms. The third-order valence-corrected chi connectivity index (χ3v) is 5.75. The van der Waals surface area contributed by atoms with Crippen LogP contribution >= 0.6 is 0 Å². The first-order valence-electron chi connectivity index (χ1n) is 10.9. The number of ether oxygens (including phenoxy) is 3. The van der Waals surface area contributed by atoms with Gasteiger partial charge in [0.05, 0.1) is 19.9 Å². The van der Waals surface area contributed by atoms with E-state index in [-0.39, 0.29) is 12.6 Å². The molecule has 33 heavy (non-hydrogen) atoms. The molecule has 2 aromatic heterocycles. The van der Waals surface area contributed by atoms with E-state index in [2.05, 4.69) is 21.3 Å². The summed E-state index contributed by atoms with van der Waals surface area (Å²) >= 11 is 0. The van der Waals surface area contributed by atoms with Crippen molar-refractivity contribution in [3.05, 3.63) is 53.6 Å². The van der Waals surface area contributed by atoms with Crippen LogP contribution in [0.25, 0.3) is 0 Å². The number of methoxy groups -OCH3 is 2. The van der Waals surface area contributed by atoms with E-state index in [4.69, 9.17) is 14.2 Å². The second-order valence-electron chi connectivity index (χ2n) is 7.99. The van der Waals surface area contributed by atoms with Crippen molar-refractivity contribution >= 4 is 5.91 Å². The number of hydrogen-bond acceptors (Lipinski definition) is 7. The molecule has 0 unspecified atom stereocenters. The molecular weight excluding hydrogens is 424 g/mol. The fourth-order valence-electron chi connectivity index (χ4n) is 3.95. The molecule has 1 aliphatic rings. The van der Waals surface area contributed by atoms with E-state index in [1.54, 1.807) is 43.3 Å². The van der Waals surface area contributed by atoms with E-state index in [0.29, 0.717) is 36.0 Å². The molecule has 0 aliphatic carbocycles. The summed E-state index contributed by atoms with van der Waals surface area (Å²) in [6.45, 7) is 5.97. The maximum absolute atomic E-state index is 12.9. The number of benzene rings is 1. The van der Waals surface area contributed by atoms with Gasteiger partial charge in [0, 0.05) is 57.7 Å². The Morgan fingerprint density at radius 2 is 1.73 bits per heavy atom. The summed E-state index contributed by atoms with van der Waals surface area (Å²) in [5, 5.41) is 8.81. The van der Waals surface area contributed by atoms with Crippen molar-refractivity contribution in [2.45, 2.75) is 20.2 Å². The highest BCUT2D eigenvalue weighted by Crippen LogP contribution is 2.36. The molecule has 0 saturated carbocycles. The largest absolute Gasteiger partial charge is 0.493 e. The number of para-hydroxylation sites is 1. The molecule has 0 radical (unpaired) electrons. The Labute approximate surface area is 193 Å². The van der Waals surface area contributed by atoms with Crippen LogP contribution in [0, 0.1) is 6.92 Å². The number of carbonyl (C=O) groups is 1. The number of nitrogens with zero attached hydrogens (tertiary/aromatic N) is 6. The van der Waals surface area contributed by atoms with Gasteiger partial charge < -0.3 is 19.1 Å². The minimum atomic E-state index is -0.0687. The van der Waals surface area contributed by atoms with E-state index in [9.17, 15) is 4.79 Å². The molecule has 1 amide bonds. The Bertz CT molecular complexity index is 1080. The highest BCUT2D eigenvalue weighted by molar-refractivity contribution is 5.92. The summed E-state index contributed by atoms with van der Waals surface area (Å²) in [5.74, 6) is 1.56. The van der Waals surface area contributed by atoms with Gasteiger partial charge >= 0.3 is 0 Å². The molecule has 3 aromatic rings. The smallest absolute Gasteiger partial charge is 0.274 e. The predicted octanol–water partition coefficient (Wildman–Crippen LogP) is 1.94. The molecule has 1 aliphatic heterocycles. The van der Waals surface area contributed by atoms with Gasteiger partial charge in [-0.25, -0.2) is 4.68 Å². The summed E-state index contributed by atoms with van der Waals surface area (Å²) < 4.78 is 20.0. The zero-order valence-electron chi connectivity index (χ0n) is 19.5. The fraction of sp³-hybridized carbons (Fsp3) is 0.435. The van der Waals surface area contributed by atoms with Crippen molar-refractivity contribution in [2.24, 2.45) is 7.05 Å². The number of aryl methyl sites for hydroxylation is 2. The second-order valence-corrected chi connectivity index (χ2v) is 7.99. The van der Waals surface area contributed by atoms with Crippen molar-refractivity contribution in [3.63, 3.8) is 0 Å². The first-order chi connectivity index (χ1) is 16.0. The van der Waals surface area contributed by atoms with Crippen LogP contribution in [0.2, 0.25) is 0 Å². The van der Waals surface area contributed by atoms with Crippen LogP contribution in [-0.4, -0.2) is 75.7 Å². The zero-order valence-corrected chi connectivity index (χ0v) is 19.5. The first-order valence-corrected chi connectivity index (χ1v) is 10.9. The molecule has 1 aromatic carbocycles. The molecule has 10 heteroatoms. The third-order valence-electron chi connectivity index (χ3n) is 5.75. The summed E-state index contributed by atoms with van der Waals surface area (Å²) in [7, 11) is 5.08. The minimum Gasteiger partial charge on any atom is -0.493 e. The quantitative estimate of drug-likeness (QED) is 0.514. The number of hydrogen-bond donors (Lipinski definition) is 0. The number of amides is 1. The van der Waals surface area contributed by atoms with Crippen LogP contribution in [0.3, 0.4) is 0 Å². The van der Waals surface area contributed by atoms with Crippen molar-refractivity contribution < 1.29 is 19.0 Å². The van der Waals surface area contributed by atoms with Gasteiger partial charge in [-0.05, 0) is 25.1 Å². The Kier molecular flexibility index (Phi) is 6.83. The summed E-state index contributed by atoms with van der Waals surface area (Å²) in [5.41, 5.74) is 2.68. The van der Waals surface area contributed by atoms with Crippen LogP contribution in [-0.2, 0) is 20.3 Å². The van der Waals surface area contributed by atoms with Crippen molar-refractivity contribution in [1.82, 2.24) is 29.4 Å². The van der Waals surface area contributed by atoms with Gasteiger partial charge in [-0.2, -0.15) is 10.2 Å². The minimum absolute atomic E-state index is 0.0687. The van der Waals surface area contributed by atoms with Crippen LogP contribution in [0.1, 0.15) is 21.7 Å². The summed E-state index contributed by atoms with van der Waals surface area (Å²) in [6.07, 6.45) is 3.79. The van der Waals surface area contributed by atoms with E-state index in [1.807, 2.05) is 29.6 Å². The Hall–Kier alpha value is -3.53. The molecule has 0 bridgehead atoms. The lowest BCUT2D eigenvalue weighted by molar-refractivity contribution is 0.0620. The van der Waals surface area contributed by atoms with Gasteiger partial charge in [0.2, 0.25) is 5.75 Å². The maximum Gasteiger partial charge on any atom is 0.274 e. The summed E-state index contributed by atoms with van der Waals surface area (Å²) in [4.78, 5) is 17.1. The fourth-order valence-corrected chi connectivity index (χ4v) is 3.95. The van der Waals surface area contributed by atoms with E-state index < -0.39 is 0 Å². The van der Waals surface area contributed by atoms with Crippen molar-refractivity contribution in [1.29, 1.82) is 0 Å². The highest BCUT2D eigenvalue weighted by Gasteiger charge is 2.24. The lowest BCUT2D eigenvalue weighted by atomic mass is 10.2. The molecule has 10 nitrogen and oxygen atoms in total. The average Bonchev–Trinajstić information content (AvgIpc) is 3.43. The van der Waals surface area contributed by atoms with Crippen LogP contribution in [0.4, 0.5) is 0 Å². The summed E-state index contributed by atoms with van der Waals surface area (Å²) in [6, 6.07) is 7.14. The number of aromatic nitrogens is 4. The molecule has 1 saturated heterocycles. The van der Waals surface area contributed by atoms with Crippen molar-refractivity contribution in [3.8, 4) is 17.2 Å². The van der Waals surface area contributed by atoms with Crippen LogP contribution in [0.15, 0.2) is 36.7 Å². The van der Waals surface area contributed by atoms with E-state index >= 15 is 0 Å². The SMILES string of the molecule is COc1cccc(OC)c1OCn1ccc(C(=O)N2CCN(Cc3cn(C)nc3C)CC2)n1. The van der Waals surface area contributed by atoms with E-state index in [1.165, 1.54) is 5.56 Å². The zero-order chi connectivity index (χ0) is 23.4. The number of piperazine rings is 1. The first kappa shape index (κ1) is 22.7. The predicted molar refractivity (Wildman–Crippen MR) is 122 cm³/mol. The molecule has 1 fully saturated rings. The molecule has 4 rings (SSSR count). The molecular formula is C23H30N6O4. The van der Waals surface area contributed by atoms with E-state index in [0.717, 1.165) is 25.3 Å². The third kappa shape index (κ3) is 5.11. The Morgan fingerprint density at radius 3 is 2.33 bits per heavy atom. The van der Waals surface area contributed by atoms with Gasteiger partial charge in [-0.1, -0.05) is 6.07 Å². The normalized spacial score (nSPS) is 14.4. The van der Waals surface area contributed by atoms with Gasteiger partial charge in [0.25, 0.3) is 5.91 Å². The molecule has 176 valence electrons. The van der Waals surface area contributed by atoms with Crippen LogP contribution in [0.5, 0.6) is 17.2 Å². The Morgan fingerprint density at radius 1 is 1.03 bits per heavy atom. The lowest BCUT2D eigenvalue weighted by Gasteiger charge is -2.34. The van der Waals surface area contributed by atoms with Crippen molar-refractivity contribution in [2.75, 3.05) is 40.4 Å². The topological polar surface area (TPSA) is 86.9 Å². The molecule has 0 atom stereocenters. The van der Waals surface area contributed by atoms with Gasteiger partial charge in [-0.15, -0.1) is 0 Å². The maximum atomic E-state index is 12.9. The average molecular weight is 455 g/mol. The van der Waals surface area contributed by atoms with Gasteiger partial charge in [-0.3, -0.25) is 14.4 Å². The van der Waals surface area contributed by atoms with Gasteiger partial charge in [0.1, 0.15) is 0 Å². The lowest BCUT2D eigenvalue weighted by Crippen LogP contribution is -2.48. The molecule has 3 heterocycles. The van der Waals surface area contributed by atoms with Gasteiger partial charge in [0.15, 0.2) is 23.9 Å².